The van der Waals surface area contributed by atoms with Crippen molar-refractivity contribution in [3.63, 3.8) is 0 Å². The second-order valence-electron chi connectivity index (χ2n) is 19.3. The highest BCUT2D eigenvalue weighted by Crippen LogP contribution is 2.36. The molecule has 3 aromatic carbocycles. The number of anilines is 2. The summed E-state index contributed by atoms with van der Waals surface area (Å²) in [4.78, 5) is 69.7. The lowest BCUT2D eigenvalue weighted by Gasteiger charge is -2.42. The van der Waals surface area contributed by atoms with E-state index in [2.05, 4.69) is 82.2 Å². The van der Waals surface area contributed by atoms with E-state index < -0.39 is 11.9 Å². The molecule has 3 saturated heterocycles. The number of benzene rings is 3. The number of amides is 4. The van der Waals surface area contributed by atoms with E-state index in [0.717, 1.165) is 54.3 Å². The van der Waals surface area contributed by atoms with Crippen LogP contribution >= 0.6 is 0 Å². The number of imide groups is 1. The van der Waals surface area contributed by atoms with Crippen molar-refractivity contribution in [2.45, 2.75) is 69.4 Å². The van der Waals surface area contributed by atoms with Crippen LogP contribution in [0, 0.1) is 11.3 Å². The number of nitrogens with one attached hydrogen (secondary N) is 1. The van der Waals surface area contributed by atoms with Crippen molar-refractivity contribution in [2.24, 2.45) is 0 Å². The molecule has 9 rings (SSSR count). The number of piperazine rings is 1. The van der Waals surface area contributed by atoms with Gasteiger partial charge in [0, 0.05) is 73.9 Å². The minimum atomic E-state index is -0.654. The van der Waals surface area contributed by atoms with Gasteiger partial charge in [0.1, 0.15) is 30.8 Å². The van der Waals surface area contributed by atoms with Crippen molar-refractivity contribution in [3.8, 4) is 17.8 Å². The normalized spacial score (nSPS) is 20.8. The van der Waals surface area contributed by atoms with Crippen molar-refractivity contribution in [1.82, 2.24) is 30.0 Å². The number of carbonyl (C=O) groups excluding carboxylic acids is 4. The second-order valence-corrected chi connectivity index (χ2v) is 19.3. The molecule has 6 heterocycles. The van der Waals surface area contributed by atoms with Gasteiger partial charge in [-0.1, -0.05) is 43.0 Å². The van der Waals surface area contributed by atoms with Crippen LogP contribution in [0.2, 0.25) is 0 Å². The fourth-order valence-electron chi connectivity index (χ4n) is 10.5. The topological polar surface area (TPSA) is 211 Å². The highest BCUT2D eigenvalue weighted by atomic mass is 16.6. The maximum Gasteiger partial charge on any atom is 0.318 e. The lowest BCUT2D eigenvalue weighted by Crippen LogP contribution is -2.55. The van der Waals surface area contributed by atoms with Crippen LogP contribution in [-0.2, 0) is 57.6 Å². The van der Waals surface area contributed by atoms with Crippen molar-refractivity contribution < 1.29 is 52.3 Å². The molecule has 5 aliphatic rings. The number of rotatable bonds is 25. The third-order valence-electron chi connectivity index (χ3n) is 14.4. The Balaban J connectivity index is 0.647. The summed E-state index contributed by atoms with van der Waals surface area (Å²) in [7, 11) is 2.07. The number of nitriles is 1. The van der Waals surface area contributed by atoms with Gasteiger partial charge in [0.25, 0.3) is 5.91 Å². The van der Waals surface area contributed by atoms with Gasteiger partial charge >= 0.3 is 6.01 Å². The molecule has 4 amide bonds. The maximum absolute atomic E-state index is 12.9. The van der Waals surface area contributed by atoms with Crippen LogP contribution in [0.4, 0.5) is 11.5 Å². The number of fused-ring (bicyclic) bond motifs is 3. The van der Waals surface area contributed by atoms with Crippen LogP contribution in [0.3, 0.4) is 0 Å². The molecule has 75 heavy (non-hydrogen) atoms. The van der Waals surface area contributed by atoms with E-state index in [9.17, 15) is 24.4 Å². The zero-order chi connectivity index (χ0) is 52.1. The molecule has 0 bridgehead atoms. The Kier molecular flexibility index (Phi) is 18.2. The maximum atomic E-state index is 12.9. The van der Waals surface area contributed by atoms with Gasteiger partial charge in [-0.25, -0.2) is 0 Å². The third kappa shape index (κ3) is 13.2. The number of hydrogen-bond acceptors (Lipinski definition) is 17. The van der Waals surface area contributed by atoms with E-state index >= 15 is 0 Å². The van der Waals surface area contributed by atoms with Crippen LogP contribution in [0.1, 0.15) is 52.9 Å². The number of likely N-dealkylation sites (tertiary alicyclic amines) is 1. The number of piperidine rings is 1. The Morgan fingerprint density at radius 3 is 2.32 bits per heavy atom. The average molecular weight is 1030 g/mol. The van der Waals surface area contributed by atoms with Gasteiger partial charge in [0.05, 0.1) is 96.3 Å². The van der Waals surface area contributed by atoms with Gasteiger partial charge in [-0.3, -0.25) is 29.4 Å². The summed E-state index contributed by atoms with van der Waals surface area (Å²) in [5.74, 6) is 0.278. The Bertz CT molecular complexity index is 2710. The largest absolute Gasteiger partial charge is 0.491 e. The predicted octanol–water partition coefficient (Wildman–Crippen LogP) is 3.68. The molecule has 398 valence electrons. The minimum Gasteiger partial charge on any atom is -0.491 e. The van der Waals surface area contributed by atoms with Crippen molar-refractivity contribution >= 4 is 45.9 Å². The first-order chi connectivity index (χ1) is 36.7. The number of nitrogens with zero attached hydrogens (tertiary/aromatic N) is 8. The number of carbonyl (C=O) groups is 4. The Hall–Kier alpha value is -6.73. The van der Waals surface area contributed by atoms with E-state index in [1.54, 1.807) is 17.0 Å². The van der Waals surface area contributed by atoms with Crippen LogP contribution in [0.15, 0.2) is 73.3 Å². The van der Waals surface area contributed by atoms with Gasteiger partial charge in [0.2, 0.25) is 17.7 Å². The fourth-order valence-corrected chi connectivity index (χ4v) is 10.5. The molecule has 4 atom stereocenters. The molecule has 1 aromatic heterocycles. The second kappa shape index (κ2) is 25.7. The first-order valence-corrected chi connectivity index (χ1v) is 26.0. The van der Waals surface area contributed by atoms with Gasteiger partial charge in [-0.15, -0.1) is 0 Å². The molecular weight excluding hydrogens is 963 g/mol. The van der Waals surface area contributed by atoms with Crippen molar-refractivity contribution in [1.29, 1.82) is 5.26 Å². The molecule has 0 aliphatic carbocycles. The summed E-state index contributed by atoms with van der Waals surface area (Å²) in [6, 6.07) is 21.8. The molecule has 1 unspecified atom stereocenters. The van der Waals surface area contributed by atoms with E-state index in [4.69, 9.17) is 43.1 Å². The zero-order valence-corrected chi connectivity index (χ0v) is 42.7. The molecule has 1 N–H and O–H groups in total. The van der Waals surface area contributed by atoms with Gasteiger partial charge in [0.15, 0.2) is 0 Å². The smallest absolute Gasteiger partial charge is 0.318 e. The SMILES string of the molecule is C=CC(=O)N1CCN(c2nc(OC[C@@H]3C[C@@H](OCCOCCOCCOCCOCCOc4ccc5c(c4)CN(C4CCC(=O)NC4=O)C5=O)CN3C)nc3c2CCN(c2cccc4ccccc24)C3)C[C@@H]1CC#N. The summed E-state index contributed by atoms with van der Waals surface area (Å²) < 4.78 is 41.2. The first kappa shape index (κ1) is 53.1. The molecule has 0 radical (unpaired) electrons. The van der Waals surface area contributed by atoms with Crippen LogP contribution in [0.5, 0.6) is 11.8 Å². The molecule has 20 heteroatoms. The molecule has 3 fully saturated rings. The molecule has 4 aromatic rings. The highest BCUT2D eigenvalue weighted by molar-refractivity contribution is 6.05. The summed E-state index contributed by atoms with van der Waals surface area (Å²) in [6.45, 7) is 12.2. The number of hydrogen-bond donors (Lipinski definition) is 1. The third-order valence-corrected chi connectivity index (χ3v) is 14.4. The Morgan fingerprint density at radius 2 is 1.56 bits per heavy atom. The van der Waals surface area contributed by atoms with Gasteiger partial charge in [-0.05, 0) is 67.6 Å². The average Bonchev–Trinajstić information content (AvgIpc) is 3.95. The number of ether oxygens (including phenoxy) is 7. The molecule has 20 nitrogen and oxygen atoms in total. The number of aromatic nitrogens is 2. The van der Waals surface area contributed by atoms with Crippen LogP contribution in [0.25, 0.3) is 10.8 Å². The first-order valence-electron chi connectivity index (χ1n) is 26.0. The van der Waals surface area contributed by atoms with E-state index in [-0.39, 0.29) is 48.8 Å². The van der Waals surface area contributed by atoms with E-state index in [1.165, 1.54) is 21.7 Å². The van der Waals surface area contributed by atoms with Crippen molar-refractivity contribution in [3.05, 3.63) is 95.7 Å². The van der Waals surface area contributed by atoms with E-state index in [1.807, 2.05) is 6.07 Å². The zero-order valence-electron chi connectivity index (χ0n) is 42.7. The van der Waals surface area contributed by atoms with Gasteiger partial charge < -0.3 is 52.8 Å². The molecule has 5 aliphatic heterocycles. The summed E-state index contributed by atoms with van der Waals surface area (Å²) >= 11 is 0. The van der Waals surface area contributed by atoms with Crippen molar-refractivity contribution in [2.75, 3.05) is 122 Å². The standard InChI is InChI=1S/C55H67N9O11/c1-3-51(66)63-20-19-62(34-40(63)15-17-56)52-46-16-18-61(48-10-6-8-38-7-4-5-9-44(38)48)36-47(46)57-55(59-52)75-37-41-32-43(35-60(41)2)74-30-28-72-26-24-70-22-21-69-23-25-71-27-29-73-42-11-12-45-39(31-42)33-64(54(45)68)49-13-14-50(65)58-53(49)67/h3-12,31,40-41,43,49H,1,13-16,18-30,32-37H2,2H3,(H,58,65,67)/t40-,41-,43+,49?/m0/s1. The quantitative estimate of drug-likeness (QED) is 0.0570. The monoisotopic (exact) mass is 1030 g/mol. The molecule has 0 spiro atoms. The van der Waals surface area contributed by atoms with Gasteiger partial charge in [-0.2, -0.15) is 15.2 Å². The molecule has 0 saturated carbocycles. The summed E-state index contributed by atoms with van der Waals surface area (Å²) in [5, 5.41) is 14.4. The predicted molar refractivity (Wildman–Crippen MR) is 276 cm³/mol. The van der Waals surface area contributed by atoms with E-state index in [0.29, 0.717) is 129 Å². The Morgan fingerprint density at radius 1 is 0.813 bits per heavy atom. The minimum absolute atomic E-state index is 0.0254. The number of likely N-dealkylation sites (N-methyl/N-ethyl adjacent to an activating group) is 1. The Labute approximate surface area is 437 Å². The van der Waals surface area contributed by atoms with Crippen LogP contribution < -0.4 is 24.6 Å². The lowest BCUT2D eigenvalue weighted by atomic mass is 10.0. The fraction of sp³-hybridized carbons (Fsp3) is 0.509. The lowest BCUT2D eigenvalue weighted by molar-refractivity contribution is -0.137. The highest BCUT2D eigenvalue weighted by Gasteiger charge is 2.40. The molecular formula is C55H67N9O11. The summed E-state index contributed by atoms with van der Waals surface area (Å²) in [6.07, 6.45) is 3.61. The summed E-state index contributed by atoms with van der Waals surface area (Å²) in [5.41, 5.74) is 4.47. The van der Waals surface area contributed by atoms with Crippen LogP contribution in [-0.4, -0.2) is 185 Å².